The number of hydrogen-bond acceptors (Lipinski definition) is 6. The monoisotopic (exact) mass is 438 g/mol. The molecule has 4 rings (SSSR count). The van der Waals surface area contributed by atoms with Crippen molar-refractivity contribution in [1.29, 1.82) is 0 Å². The van der Waals surface area contributed by atoms with Crippen LogP contribution >= 0.6 is 11.8 Å². The summed E-state index contributed by atoms with van der Waals surface area (Å²) in [5.41, 5.74) is 1.19. The summed E-state index contributed by atoms with van der Waals surface area (Å²) >= 11 is 1.23. The van der Waals surface area contributed by atoms with Crippen molar-refractivity contribution in [2.45, 2.75) is 38.1 Å². The van der Waals surface area contributed by atoms with E-state index >= 15 is 0 Å². The molecule has 0 radical (unpaired) electrons. The van der Waals surface area contributed by atoms with Crippen LogP contribution in [0, 0.1) is 0 Å². The maximum Gasteiger partial charge on any atom is 0.335 e. The highest BCUT2D eigenvalue weighted by molar-refractivity contribution is 8.18. The van der Waals surface area contributed by atoms with Gasteiger partial charge in [0, 0.05) is 6.04 Å². The number of phenolic OH excluding ortho intramolecular Hbond substituents is 2. The van der Waals surface area contributed by atoms with Gasteiger partial charge >= 0.3 is 5.97 Å². The number of carboxylic acids is 1. The van der Waals surface area contributed by atoms with Gasteiger partial charge in [-0.15, -0.1) is 0 Å². The molecule has 1 saturated carbocycles. The summed E-state index contributed by atoms with van der Waals surface area (Å²) in [6.45, 7) is 0. The number of hydrogen-bond donors (Lipinski definition) is 3. The lowest BCUT2D eigenvalue weighted by atomic mass is 9.94. The minimum absolute atomic E-state index is 0.0503. The quantitative estimate of drug-likeness (QED) is 0.470. The summed E-state index contributed by atoms with van der Waals surface area (Å²) in [4.78, 5) is 31.4. The fraction of sp³-hybridized carbons (Fsp3) is 0.261. The maximum absolute atomic E-state index is 13.3. The normalized spacial score (nSPS) is 20.0. The molecule has 0 unspecified atom stereocenters. The van der Waals surface area contributed by atoms with Crippen molar-refractivity contribution in [2.75, 3.05) is 0 Å². The van der Waals surface area contributed by atoms with E-state index in [2.05, 4.69) is 4.99 Å². The van der Waals surface area contributed by atoms with Crippen molar-refractivity contribution >= 4 is 40.6 Å². The lowest BCUT2D eigenvalue weighted by Gasteiger charge is -2.30. The number of amides is 1. The van der Waals surface area contributed by atoms with E-state index in [1.54, 1.807) is 29.2 Å². The van der Waals surface area contributed by atoms with Gasteiger partial charge in [0.2, 0.25) is 0 Å². The molecule has 0 bridgehead atoms. The predicted octanol–water partition coefficient (Wildman–Crippen LogP) is 4.73. The van der Waals surface area contributed by atoms with E-state index in [0.29, 0.717) is 21.3 Å². The van der Waals surface area contributed by atoms with Crippen molar-refractivity contribution in [3.05, 3.63) is 58.5 Å². The molecule has 1 heterocycles. The molecule has 0 aromatic heterocycles. The molecule has 2 fully saturated rings. The first kappa shape index (κ1) is 21.0. The summed E-state index contributed by atoms with van der Waals surface area (Å²) in [7, 11) is 0. The first-order valence-corrected chi connectivity index (χ1v) is 10.9. The number of amidine groups is 1. The Bertz CT molecular complexity index is 1090. The molecule has 1 aliphatic carbocycles. The number of aromatic hydroxyl groups is 2. The summed E-state index contributed by atoms with van der Waals surface area (Å²) in [5.74, 6) is -1.67. The maximum atomic E-state index is 13.3. The third kappa shape index (κ3) is 4.59. The number of rotatable bonds is 4. The average molecular weight is 439 g/mol. The minimum atomic E-state index is -1.03. The molecule has 0 atom stereocenters. The summed E-state index contributed by atoms with van der Waals surface area (Å²) in [6, 6.07) is 10.8. The molecule has 1 aliphatic heterocycles. The third-order valence-corrected chi connectivity index (χ3v) is 6.37. The van der Waals surface area contributed by atoms with Gasteiger partial charge in [0.25, 0.3) is 5.91 Å². The molecular formula is C23H22N2O5S. The van der Waals surface area contributed by atoms with Crippen molar-refractivity contribution in [1.82, 2.24) is 4.90 Å². The third-order valence-electron chi connectivity index (χ3n) is 5.39. The van der Waals surface area contributed by atoms with Crippen LogP contribution in [0.3, 0.4) is 0 Å². The summed E-state index contributed by atoms with van der Waals surface area (Å²) in [5, 5.41) is 29.1. The summed E-state index contributed by atoms with van der Waals surface area (Å²) in [6.07, 6.45) is 6.70. The lowest BCUT2D eigenvalue weighted by molar-refractivity contribution is -0.124. The van der Waals surface area contributed by atoms with Gasteiger partial charge in [0.05, 0.1) is 16.2 Å². The number of aliphatic imine (C=N–C) groups is 1. The fourth-order valence-corrected chi connectivity index (χ4v) is 4.89. The SMILES string of the molecule is O=C(O)c1cccc(N=C2S/C(=C\c3ccc(O)c(O)c3)C(=O)N2C2CCCCC2)c1. The van der Waals surface area contributed by atoms with E-state index in [1.807, 2.05) is 0 Å². The van der Waals surface area contributed by atoms with Crippen LogP contribution in [0.15, 0.2) is 52.4 Å². The Morgan fingerprint density at radius 3 is 2.55 bits per heavy atom. The second-order valence-corrected chi connectivity index (χ2v) is 8.58. The second kappa shape index (κ2) is 8.85. The fourth-order valence-electron chi connectivity index (χ4n) is 3.83. The van der Waals surface area contributed by atoms with Crippen LogP contribution in [0.2, 0.25) is 0 Å². The van der Waals surface area contributed by atoms with Gasteiger partial charge in [-0.3, -0.25) is 9.69 Å². The molecule has 31 heavy (non-hydrogen) atoms. The van der Waals surface area contributed by atoms with E-state index in [4.69, 9.17) is 0 Å². The van der Waals surface area contributed by atoms with Gasteiger partial charge in [-0.25, -0.2) is 9.79 Å². The first-order chi connectivity index (χ1) is 14.9. The number of nitrogens with zero attached hydrogens (tertiary/aromatic N) is 2. The van der Waals surface area contributed by atoms with Crippen molar-refractivity contribution in [2.24, 2.45) is 4.99 Å². The van der Waals surface area contributed by atoms with E-state index in [1.165, 1.54) is 36.0 Å². The van der Waals surface area contributed by atoms with E-state index in [9.17, 15) is 24.9 Å². The zero-order valence-corrected chi connectivity index (χ0v) is 17.5. The Hall–Kier alpha value is -3.26. The molecule has 0 spiro atoms. The molecule has 1 amide bonds. The van der Waals surface area contributed by atoms with Gasteiger partial charge in [-0.1, -0.05) is 31.4 Å². The minimum Gasteiger partial charge on any atom is -0.504 e. The Balaban J connectivity index is 1.72. The van der Waals surface area contributed by atoms with Crippen LogP contribution in [0.25, 0.3) is 6.08 Å². The number of carbonyl (C=O) groups is 2. The van der Waals surface area contributed by atoms with Gasteiger partial charge < -0.3 is 15.3 Å². The molecule has 160 valence electrons. The lowest BCUT2D eigenvalue weighted by Crippen LogP contribution is -2.40. The molecule has 3 N–H and O–H groups in total. The molecular weight excluding hydrogens is 416 g/mol. The number of carboxylic acid groups (broad SMARTS) is 1. The number of carbonyl (C=O) groups excluding carboxylic acids is 1. The van der Waals surface area contributed by atoms with Gasteiger partial charge in [0.1, 0.15) is 0 Å². The smallest absolute Gasteiger partial charge is 0.335 e. The standard InChI is InChI=1S/C23H22N2O5S/c26-18-10-9-14(11-19(18)27)12-20-21(28)25(17-7-2-1-3-8-17)23(31-20)24-16-6-4-5-15(13-16)22(29)30/h4-6,9-13,17,26-27H,1-3,7-8H2,(H,29,30)/b20-12-,24-23?. The Labute approximate surface area is 183 Å². The molecule has 2 aromatic rings. The number of phenols is 2. The highest BCUT2D eigenvalue weighted by Crippen LogP contribution is 2.39. The Kier molecular flexibility index (Phi) is 5.99. The summed E-state index contributed by atoms with van der Waals surface area (Å²) < 4.78 is 0. The van der Waals surface area contributed by atoms with Crippen molar-refractivity contribution < 1.29 is 24.9 Å². The molecule has 1 saturated heterocycles. The van der Waals surface area contributed by atoms with Crippen LogP contribution in [0.4, 0.5) is 5.69 Å². The topological polar surface area (TPSA) is 110 Å². The molecule has 2 aliphatic rings. The van der Waals surface area contributed by atoms with E-state index < -0.39 is 5.97 Å². The molecule has 8 heteroatoms. The van der Waals surface area contributed by atoms with Gasteiger partial charge in [0.15, 0.2) is 16.7 Å². The highest BCUT2D eigenvalue weighted by atomic mass is 32.2. The van der Waals surface area contributed by atoms with Crippen molar-refractivity contribution in [3.63, 3.8) is 0 Å². The number of thioether (sulfide) groups is 1. The average Bonchev–Trinajstić information content (AvgIpc) is 3.06. The van der Waals surface area contributed by atoms with Crippen LogP contribution in [0.1, 0.15) is 48.0 Å². The van der Waals surface area contributed by atoms with Gasteiger partial charge in [-0.2, -0.15) is 0 Å². The highest BCUT2D eigenvalue weighted by Gasteiger charge is 2.38. The van der Waals surface area contributed by atoms with Crippen LogP contribution in [-0.2, 0) is 4.79 Å². The van der Waals surface area contributed by atoms with Crippen LogP contribution in [0.5, 0.6) is 11.5 Å². The molecule has 2 aromatic carbocycles. The predicted molar refractivity (Wildman–Crippen MR) is 120 cm³/mol. The van der Waals surface area contributed by atoms with E-state index in [0.717, 1.165) is 32.1 Å². The number of aromatic carboxylic acids is 1. The molecule has 7 nitrogen and oxygen atoms in total. The Morgan fingerprint density at radius 1 is 1.06 bits per heavy atom. The zero-order valence-electron chi connectivity index (χ0n) is 16.7. The first-order valence-electron chi connectivity index (χ1n) is 10.1. The van der Waals surface area contributed by atoms with Crippen molar-refractivity contribution in [3.8, 4) is 11.5 Å². The largest absolute Gasteiger partial charge is 0.504 e. The van der Waals surface area contributed by atoms with Gasteiger partial charge in [-0.05, 0) is 66.6 Å². The second-order valence-electron chi connectivity index (χ2n) is 7.58. The Morgan fingerprint density at radius 2 is 1.84 bits per heavy atom. The zero-order chi connectivity index (χ0) is 22.0. The van der Waals surface area contributed by atoms with Crippen LogP contribution < -0.4 is 0 Å². The van der Waals surface area contributed by atoms with Crippen LogP contribution in [-0.4, -0.2) is 43.3 Å². The van der Waals surface area contributed by atoms with E-state index in [-0.39, 0.29) is 29.0 Å². The number of benzene rings is 2.